The quantitative estimate of drug-likeness (QED) is 0.166. The highest BCUT2D eigenvalue weighted by Crippen LogP contribution is 2.36. The van der Waals surface area contributed by atoms with Crippen LogP contribution in [0.4, 0.5) is 21.0 Å². The predicted molar refractivity (Wildman–Crippen MR) is 217 cm³/mol. The molecule has 306 valence electrons. The van der Waals surface area contributed by atoms with E-state index in [4.69, 9.17) is 19.4 Å². The first-order valence-electron chi connectivity index (χ1n) is 20.2. The van der Waals surface area contributed by atoms with Crippen molar-refractivity contribution >= 4 is 57.4 Å². The van der Waals surface area contributed by atoms with E-state index in [0.717, 1.165) is 90.4 Å². The van der Waals surface area contributed by atoms with Crippen molar-refractivity contribution in [2.45, 2.75) is 90.5 Å². The molecule has 5 atom stereocenters. The fourth-order valence-electron chi connectivity index (χ4n) is 8.68. The van der Waals surface area contributed by atoms with Gasteiger partial charge in [-0.05, 0) is 80.8 Å². The highest BCUT2D eigenvalue weighted by Gasteiger charge is 2.39. The van der Waals surface area contributed by atoms with Crippen LogP contribution in [0.25, 0.3) is 22.1 Å². The van der Waals surface area contributed by atoms with E-state index in [0.29, 0.717) is 13.1 Å². The van der Waals surface area contributed by atoms with Gasteiger partial charge in [0, 0.05) is 50.1 Å². The molecule has 5 heterocycles. The Kier molecular flexibility index (Phi) is 11.5. The van der Waals surface area contributed by atoms with Crippen molar-refractivity contribution in [2.75, 3.05) is 56.7 Å². The van der Waals surface area contributed by atoms with Gasteiger partial charge in [0.25, 0.3) is 0 Å². The van der Waals surface area contributed by atoms with Gasteiger partial charge in [0.2, 0.25) is 11.8 Å². The Balaban J connectivity index is 1.02. The number of likely N-dealkylation sites (tertiary alicyclic amines) is 2. The third-order valence-electron chi connectivity index (χ3n) is 11.8. The molecule has 0 radical (unpaired) electrons. The number of carbonyl (C=O) groups is 4. The van der Waals surface area contributed by atoms with E-state index in [1.54, 1.807) is 0 Å². The van der Waals surface area contributed by atoms with Crippen molar-refractivity contribution in [3.8, 4) is 0 Å². The second-order valence-electron chi connectivity index (χ2n) is 16.2. The SMILES string of the molecule is COC(=O)N[C@H](C(=O)N1CCC[C@H]1c1nc2cc(N3CCN(c4ccc5[nH]c([C@@H]6CCCN6C(=O)[C@@H](NC(=O)OC)C(C)C)nc5c4)[C@@H](C)C3)ccc2[nH]1)C(C)C. The molecule has 16 heteroatoms. The summed E-state index contributed by atoms with van der Waals surface area (Å²) in [5.41, 5.74) is 5.74. The molecule has 0 aliphatic carbocycles. The van der Waals surface area contributed by atoms with Gasteiger partial charge < -0.3 is 49.7 Å². The molecule has 3 fully saturated rings. The van der Waals surface area contributed by atoms with Gasteiger partial charge in [-0.25, -0.2) is 19.6 Å². The van der Waals surface area contributed by atoms with E-state index < -0.39 is 24.3 Å². The zero-order valence-electron chi connectivity index (χ0n) is 34.0. The smallest absolute Gasteiger partial charge is 0.407 e. The largest absolute Gasteiger partial charge is 0.453 e. The molecule has 3 aliphatic rings. The molecule has 16 nitrogen and oxygen atoms in total. The predicted octanol–water partition coefficient (Wildman–Crippen LogP) is 5.24. The molecular formula is C41H56N10O6. The fraction of sp³-hybridized carbons (Fsp3) is 0.561. The van der Waals surface area contributed by atoms with Gasteiger partial charge in [-0.2, -0.15) is 0 Å². The molecule has 0 spiro atoms. The third-order valence-corrected chi connectivity index (χ3v) is 11.8. The van der Waals surface area contributed by atoms with Gasteiger partial charge >= 0.3 is 12.2 Å². The molecule has 2 aromatic carbocycles. The molecular weight excluding hydrogens is 729 g/mol. The highest BCUT2D eigenvalue weighted by atomic mass is 16.5. The number of aromatic nitrogens is 4. The number of ether oxygens (including phenoxy) is 2. The summed E-state index contributed by atoms with van der Waals surface area (Å²) in [7, 11) is 2.60. The number of hydrogen-bond acceptors (Lipinski definition) is 10. The first kappa shape index (κ1) is 39.7. The maximum absolute atomic E-state index is 13.7. The van der Waals surface area contributed by atoms with Crippen molar-refractivity contribution < 1.29 is 28.7 Å². The van der Waals surface area contributed by atoms with Crippen LogP contribution in [0.5, 0.6) is 0 Å². The number of benzene rings is 2. The summed E-state index contributed by atoms with van der Waals surface area (Å²) in [6.45, 7) is 13.5. The number of rotatable bonds is 10. The average Bonchev–Trinajstić information content (AvgIpc) is 4.03. The number of fused-ring (bicyclic) bond motifs is 2. The lowest BCUT2D eigenvalue weighted by Gasteiger charge is -2.42. The Labute approximate surface area is 333 Å². The molecule has 7 rings (SSSR count). The summed E-state index contributed by atoms with van der Waals surface area (Å²) in [5.74, 6) is 1.05. The van der Waals surface area contributed by atoms with Gasteiger partial charge in [-0.3, -0.25) is 9.59 Å². The number of H-pyrrole nitrogens is 2. The van der Waals surface area contributed by atoms with Crippen molar-refractivity contribution in [1.82, 2.24) is 40.4 Å². The Hall–Kier alpha value is -5.54. The van der Waals surface area contributed by atoms with Gasteiger partial charge in [0.15, 0.2) is 0 Å². The number of anilines is 2. The van der Waals surface area contributed by atoms with E-state index in [1.165, 1.54) is 14.2 Å². The summed E-state index contributed by atoms with van der Waals surface area (Å²) >= 11 is 0. The lowest BCUT2D eigenvalue weighted by molar-refractivity contribution is -0.136. The Morgan fingerprint density at radius 3 is 1.63 bits per heavy atom. The van der Waals surface area contributed by atoms with E-state index in [1.807, 2.05) is 37.5 Å². The summed E-state index contributed by atoms with van der Waals surface area (Å²) in [4.78, 5) is 76.8. The molecule has 4 aromatic rings. The summed E-state index contributed by atoms with van der Waals surface area (Å²) in [5, 5.41) is 5.43. The first-order valence-corrected chi connectivity index (χ1v) is 20.2. The molecule has 0 unspecified atom stereocenters. The number of methoxy groups -OCH3 is 2. The molecule has 0 bridgehead atoms. The van der Waals surface area contributed by atoms with Crippen LogP contribution in [-0.4, -0.2) is 119 Å². The van der Waals surface area contributed by atoms with E-state index in [2.05, 4.69) is 73.7 Å². The van der Waals surface area contributed by atoms with Crippen molar-refractivity contribution in [3.63, 3.8) is 0 Å². The lowest BCUT2D eigenvalue weighted by Crippen LogP contribution is -2.52. The molecule has 57 heavy (non-hydrogen) atoms. The second kappa shape index (κ2) is 16.5. The monoisotopic (exact) mass is 784 g/mol. The molecule has 4 N–H and O–H groups in total. The normalized spacial score (nSPS) is 21.1. The van der Waals surface area contributed by atoms with Gasteiger partial charge in [-0.1, -0.05) is 27.7 Å². The second-order valence-corrected chi connectivity index (χ2v) is 16.2. The zero-order valence-corrected chi connectivity index (χ0v) is 34.0. The summed E-state index contributed by atoms with van der Waals surface area (Å²) in [6.07, 6.45) is 2.06. The number of piperazine rings is 1. The summed E-state index contributed by atoms with van der Waals surface area (Å²) in [6, 6.07) is 11.1. The minimum absolute atomic E-state index is 0.102. The number of imidazole rings is 2. The molecule has 4 amide bonds. The Morgan fingerprint density at radius 2 is 1.18 bits per heavy atom. The number of hydrogen-bond donors (Lipinski definition) is 4. The minimum atomic E-state index is -0.685. The minimum Gasteiger partial charge on any atom is -0.453 e. The number of alkyl carbamates (subject to hydrolysis) is 2. The summed E-state index contributed by atoms with van der Waals surface area (Å²) < 4.78 is 9.57. The molecule has 0 saturated carbocycles. The van der Waals surface area contributed by atoms with E-state index in [-0.39, 0.29) is 41.8 Å². The number of carbonyl (C=O) groups excluding carboxylic acids is 4. The average molecular weight is 785 g/mol. The van der Waals surface area contributed by atoms with Crippen LogP contribution in [0, 0.1) is 11.8 Å². The van der Waals surface area contributed by atoms with Crippen LogP contribution in [-0.2, 0) is 19.1 Å². The third kappa shape index (κ3) is 8.03. The van der Waals surface area contributed by atoms with Crippen LogP contribution in [0.2, 0.25) is 0 Å². The Morgan fingerprint density at radius 1 is 0.702 bits per heavy atom. The first-order chi connectivity index (χ1) is 27.4. The van der Waals surface area contributed by atoms with Crippen LogP contribution in [0.15, 0.2) is 36.4 Å². The van der Waals surface area contributed by atoms with E-state index >= 15 is 0 Å². The van der Waals surface area contributed by atoms with Crippen LogP contribution in [0.3, 0.4) is 0 Å². The number of nitrogens with zero attached hydrogens (tertiary/aromatic N) is 6. The van der Waals surface area contributed by atoms with Gasteiger partial charge in [0.1, 0.15) is 23.7 Å². The number of amides is 4. The molecule has 3 saturated heterocycles. The van der Waals surface area contributed by atoms with Crippen LogP contribution in [0.1, 0.15) is 84.0 Å². The number of nitrogens with one attached hydrogen (secondary N) is 4. The van der Waals surface area contributed by atoms with E-state index in [9.17, 15) is 19.2 Å². The Bertz CT molecular complexity index is 2110. The molecule has 3 aliphatic heterocycles. The van der Waals surface area contributed by atoms with Crippen LogP contribution < -0.4 is 20.4 Å². The maximum Gasteiger partial charge on any atom is 0.407 e. The van der Waals surface area contributed by atoms with Gasteiger partial charge in [0.05, 0.1) is 48.4 Å². The fourth-order valence-corrected chi connectivity index (χ4v) is 8.68. The maximum atomic E-state index is 13.7. The van der Waals surface area contributed by atoms with Gasteiger partial charge in [-0.15, -0.1) is 0 Å². The standard InChI is InChI=1S/C41H56N10O6/c1-23(2)34(46-40(54)56-6)38(52)50-16-8-10-32(50)36-42-28-14-12-26(20-30(28)44-36)48-18-19-49(25(5)22-48)27-13-15-29-31(21-27)45-37(43-29)33-11-9-17-51(33)39(53)35(24(3)4)47-41(55)57-7/h12-15,20-21,23-25,32-35H,8-11,16-19,22H2,1-7H3,(H,42,44)(H,43,45)(H,46,54)(H,47,55)/t25-,32-,33-,34-,35-/m0/s1. The van der Waals surface area contributed by atoms with Crippen molar-refractivity contribution in [3.05, 3.63) is 48.0 Å². The lowest BCUT2D eigenvalue weighted by atomic mass is 10.0. The zero-order chi connectivity index (χ0) is 40.5. The highest BCUT2D eigenvalue weighted by molar-refractivity contribution is 5.88. The van der Waals surface area contributed by atoms with Crippen molar-refractivity contribution in [1.29, 1.82) is 0 Å². The number of aromatic amines is 2. The van der Waals surface area contributed by atoms with Crippen LogP contribution >= 0.6 is 0 Å². The topological polar surface area (TPSA) is 181 Å². The van der Waals surface area contributed by atoms with Crippen molar-refractivity contribution in [2.24, 2.45) is 11.8 Å². The molecule has 2 aromatic heterocycles.